The molecule has 9 heteroatoms. The van der Waals surface area contributed by atoms with Gasteiger partial charge in [-0.3, -0.25) is 14.8 Å². The first-order valence-corrected chi connectivity index (χ1v) is 15.1. The van der Waals surface area contributed by atoms with E-state index in [1.807, 2.05) is 85.9 Å². The number of aliphatic hydroxyl groups is 1. The van der Waals surface area contributed by atoms with Gasteiger partial charge in [-0.25, -0.2) is 5.48 Å². The van der Waals surface area contributed by atoms with Crippen molar-refractivity contribution >= 4 is 11.8 Å². The summed E-state index contributed by atoms with van der Waals surface area (Å²) in [6.45, 7) is 5.75. The lowest BCUT2D eigenvalue weighted by Crippen LogP contribution is -2.37. The number of nitrogens with zero attached hydrogens (tertiary/aromatic N) is 1. The number of carbonyl (C=O) groups excluding carboxylic acids is 2. The maximum absolute atomic E-state index is 12.4. The summed E-state index contributed by atoms with van der Waals surface area (Å²) in [7, 11) is 2.05. The van der Waals surface area contributed by atoms with Gasteiger partial charge in [-0.05, 0) is 47.7 Å². The maximum Gasteiger partial charge on any atom is 0.243 e. The number of amides is 2. The van der Waals surface area contributed by atoms with Gasteiger partial charge in [-0.2, -0.15) is 0 Å². The molecule has 4 rings (SSSR count). The van der Waals surface area contributed by atoms with Crippen LogP contribution in [0.1, 0.15) is 66.8 Å². The molecule has 0 aliphatic carbocycles. The molecule has 9 nitrogen and oxygen atoms in total. The number of ether oxygens (including phenoxy) is 2. The number of rotatable bonds is 15. The van der Waals surface area contributed by atoms with Gasteiger partial charge in [0.2, 0.25) is 11.8 Å². The highest BCUT2D eigenvalue weighted by Gasteiger charge is 2.32. The molecule has 0 radical (unpaired) electrons. The third kappa shape index (κ3) is 9.57. The van der Waals surface area contributed by atoms with Crippen LogP contribution in [0.15, 0.2) is 85.5 Å². The molecule has 0 aromatic heterocycles. The van der Waals surface area contributed by atoms with E-state index < -0.39 is 12.2 Å². The largest absolute Gasteiger partial charge is 0.392 e. The van der Waals surface area contributed by atoms with Crippen LogP contribution in [0.25, 0.3) is 11.1 Å². The SMILES string of the molecule is C=CCN(C)C[C@H]1C[C@@H](c2ccc(CO)cc2)O[C@@H](c2ccc(-c3ccccc3CNC(=O)CCCCC(=O)NO)cc2)O1. The quantitative estimate of drug-likeness (QED) is 0.0819. The first-order chi connectivity index (χ1) is 21.4. The highest BCUT2D eigenvalue weighted by molar-refractivity contribution is 5.77. The van der Waals surface area contributed by atoms with Gasteiger partial charge in [-0.15, -0.1) is 6.58 Å². The molecular weight excluding hydrogens is 558 g/mol. The van der Waals surface area contributed by atoms with Crippen molar-refractivity contribution in [1.29, 1.82) is 0 Å². The number of hydroxylamine groups is 1. The summed E-state index contributed by atoms with van der Waals surface area (Å²) in [6, 6.07) is 24.0. The second-order valence-electron chi connectivity index (χ2n) is 11.2. The van der Waals surface area contributed by atoms with Crippen LogP contribution < -0.4 is 10.8 Å². The van der Waals surface area contributed by atoms with Crippen LogP contribution in [-0.4, -0.2) is 53.3 Å². The Hall–Kier alpha value is -3.86. The molecule has 234 valence electrons. The molecule has 3 aromatic rings. The fourth-order valence-electron chi connectivity index (χ4n) is 5.36. The number of likely N-dealkylation sites (N-methyl/N-ethyl adjacent to an activating group) is 1. The summed E-state index contributed by atoms with van der Waals surface area (Å²) in [6.07, 6.45) is 3.45. The van der Waals surface area contributed by atoms with Gasteiger partial charge < -0.3 is 24.8 Å². The fraction of sp³-hybridized carbons (Fsp3) is 0.371. The Morgan fingerprint density at radius 3 is 2.32 bits per heavy atom. The van der Waals surface area contributed by atoms with Crippen molar-refractivity contribution in [2.24, 2.45) is 0 Å². The van der Waals surface area contributed by atoms with Crippen molar-refractivity contribution in [3.63, 3.8) is 0 Å². The molecule has 1 heterocycles. The zero-order chi connectivity index (χ0) is 31.3. The van der Waals surface area contributed by atoms with Crippen LogP contribution in [0.3, 0.4) is 0 Å². The molecule has 0 unspecified atom stereocenters. The number of unbranched alkanes of at least 4 members (excludes halogenated alkanes) is 1. The maximum atomic E-state index is 12.4. The number of hydrogen-bond donors (Lipinski definition) is 4. The summed E-state index contributed by atoms with van der Waals surface area (Å²) >= 11 is 0. The Balaban J connectivity index is 1.43. The minimum absolute atomic E-state index is 0.00174. The average Bonchev–Trinajstić information content (AvgIpc) is 3.05. The first kappa shape index (κ1) is 33.0. The second kappa shape index (κ2) is 16.8. The third-order valence-electron chi connectivity index (χ3n) is 7.74. The Bertz CT molecular complexity index is 1360. The Morgan fingerprint density at radius 1 is 0.955 bits per heavy atom. The van der Waals surface area contributed by atoms with Gasteiger partial charge in [0, 0.05) is 44.5 Å². The van der Waals surface area contributed by atoms with Gasteiger partial charge in [0.25, 0.3) is 0 Å². The van der Waals surface area contributed by atoms with Crippen LogP contribution >= 0.6 is 0 Å². The number of carbonyl (C=O) groups is 2. The Labute approximate surface area is 259 Å². The standard InChI is InChI=1S/C35H43N3O6/c1-3-20-38(2)23-30-21-32(27-14-12-25(24-39)13-15-27)44-35(43-30)28-18-16-26(17-19-28)31-9-5-4-8-29(31)22-36-33(40)10-6-7-11-34(41)37-42/h3-5,8-9,12-19,30,32,35,39,42H,1,6-7,10-11,20-24H2,2H3,(H,36,40)(H,37,41)/t30-,32+,35+/m1/s1. The van der Waals surface area contributed by atoms with Crippen molar-refractivity contribution in [3.05, 3.63) is 108 Å². The molecule has 3 atom stereocenters. The van der Waals surface area contributed by atoms with E-state index in [0.717, 1.165) is 46.5 Å². The lowest BCUT2D eigenvalue weighted by molar-refractivity contribution is -0.252. The van der Waals surface area contributed by atoms with Gasteiger partial charge in [0.15, 0.2) is 6.29 Å². The molecule has 1 aliphatic rings. The number of nitrogens with one attached hydrogen (secondary N) is 2. The molecule has 0 bridgehead atoms. The van der Waals surface area contributed by atoms with E-state index in [-0.39, 0.29) is 31.1 Å². The summed E-state index contributed by atoms with van der Waals surface area (Å²) < 4.78 is 13.0. The smallest absolute Gasteiger partial charge is 0.243 e. The number of hydrogen-bond acceptors (Lipinski definition) is 7. The van der Waals surface area contributed by atoms with Gasteiger partial charge in [-0.1, -0.05) is 78.9 Å². The van der Waals surface area contributed by atoms with Crippen LogP contribution in [-0.2, 0) is 32.2 Å². The monoisotopic (exact) mass is 601 g/mol. The first-order valence-electron chi connectivity index (χ1n) is 15.1. The molecule has 0 spiro atoms. The van der Waals surface area contributed by atoms with Crippen molar-refractivity contribution < 1.29 is 29.4 Å². The summed E-state index contributed by atoms with van der Waals surface area (Å²) in [5, 5.41) is 21.0. The Kier molecular flexibility index (Phi) is 12.6. The zero-order valence-electron chi connectivity index (χ0n) is 25.3. The molecule has 1 fully saturated rings. The average molecular weight is 602 g/mol. The number of benzene rings is 3. The van der Waals surface area contributed by atoms with E-state index in [9.17, 15) is 14.7 Å². The molecule has 3 aromatic carbocycles. The van der Waals surface area contributed by atoms with Crippen LogP contribution in [0.5, 0.6) is 0 Å². The van der Waals surface area contributed by atoms with Crippen LogP contribution in [0.2, 0.25) is 0 Å². The zero-order valence-corrected chi connectivity index (χ0v) is 25.3. The Morgan fingerprint density at radius 2 is 1.64 bits per heavy atom. The van der Waals surface area contributed by atoms with Crippen LogP contribution in [0.4, 0.5) is 0 Å². The van der Waals surface area contributed by atoms with E-state index in [0.29, 0.717) is 32.2 Å². The second-order valence-corrected chi connectivity index (χ2v) is 11.2. The van der Waals surface area contributed by atoms with Crippen molar-refractivity contribution in [3.8, 4) is 11.1 Å². The molecule has 1 aliphatic heterocycles. The van der Waals surface area contributed by atoms with E-state index in [4.69, 9.17) is 14.7 Å². The van der Waals surface area contributed by atoms with Crippen LogP contribution in [0, 0.1) is 0 Å². The summed E-state index contributed by atoms with van der Waals surface area (Å²) in [5.74, 6) is -0.531. The van der Waals surface area contributed by atoms with E-state index in [1.54, 1.807) is 5.48 Å². The van der Waals surface area contributed by atoms with Gasteiger partial charge in [0.1, 0.15) is 0 Å². The lowest BCUT2D eigenvalue weighted by atomic mass is 9.97. The van der Waals surface area contributed by atoms with Crippen molar-refractivity contribution in [2.75, 3.05) is 20.1 Å². The lowest BCUT2D eigenvalue weighted by Gasteiger charge is -2.37. The molecule has 4 N–H and O–H groups in total. The fourth-order valence-corrected chi connectivity index (χ4v) is 5.36. The minimum Gasteiger partial charge on any atom is -0.392 e. The molecular formula is C35H43N3O6. The van der Waals surface area contributed by atoms with E-state index in [1.165, 1.54) is 0 Å². The normalized spacial score (nSPS) is 18.1. The molecule has 2 amide bonds. The summed E-state index contributed by atoms with van der Waals surface area (Å²) in [5.41, 5.74) is 7.47. The predicted molar refractivity (Wildman–Crippen MR) is 168 cm³/mol. The van der Waals surface area contributed by atoms with Gasteiger partial charge >= 0.3 is 0 Å². The highest BCUT2D eigenvalue weighted by atomic mass is 16.7. The van der Waals surface area contributed by atoms with Crippen molar-refractivity contribution in [2.45, 2.75) is 63.8 Å². The topological polar surface area (TPSA) is 120 Å². The van der Waals surface area contributed by atoms with Crippen molar-refractivity contribution in [1.82, 2.24) is 15.7 Å². The van der Waals surface area contributed by atoms with E-state index in [2.05, 4.69) is 16.8 Å². The third-order valence-corrected chi connectivity index (χ3v) is 7.74. The highest BCUT2D eigenvalue weighted by Crippen LogP contribution is 2.38. The van der Waals surface area contributed by atoms with Gasteiger partial charge in [0.05, 0.1) is 18.8 Å². The minimum atomic E-state index is -0.541. The predicted octanol–water partition coefficient (Wildman–Crippen LogP) is 5.19. The molecule has 44 heavy (non-hydrogen) atoms. The summed E-state index contributed by atoms with van der Waals surface area (Å²) in [4.78, 5) is 25.7. The number of aliphatic hydroxyl groups excluding tert-OH is 1. The molecule has 0 saturated carbocycles. The van der Waals surface area contributed by atoms with E-state index >= 15 is 0 Å². The molecule has 1 saturated heterocycles.